The number of rotatable bonds is 4. The van der Waals surface area contributed by atoms with Gasteiger partial charge in [-0.05, 0) is 48.5 Å². The third kappa shape index (κ3) is 3.65. The smallest absolute Gasteiger partial charge is 0.369 e. The van der Waals surface area contributed by atoms with E-state index in [1.165, 1.54) is 0 Å². The van der Waals surface area contributed by atoms with Gasteiger partial charge >= 0.3 is 11.3 Å². The fraction of sp³-hybridized carbons (Fsp3) is 0. The monoisotopic (exact) mass is 412 g/mol. The van der Waals surface area contributed by atoms with Crippen molar-refractivity contribution in [3.05, 3.63) is 127 Å². The Hall–Kier alpha value is -3.63. The Balaban J connectivity index is 1.91. The van der Waals surface area contributed by atoms with Crippen LogP contribution in [0.2, 0.25) is 0 Å². The molecule has 0 bridgehead atoms. The molecule has 0 saturated carbocycles. The van der Waals surface area contributed by atoms with Crippen molar-refractivity contribution in [3.8, 4) is 0 Å². The zero-order chi connectivity index (χ0) is 20.8. The number of ether oxygens (including phenoxy) is 1. The van der Waals surface area contributed by atoms with Crippen LogP contribution in [-0.2, 0) is 4.74 Å². The Morgan fingerprint density at radius 3 is 1.20 bits per heavy atom. The van der Waals surface area contributed by atoms with Crippen molar-refractivity contribution in [3.63, 3.8) is 0 Å². The van der Waals surface area contributed by atoms with Crippen LogP contribution in [0.15, 0.2) is 136 Å². The zero-order valence-electron chi connectivity index (χ0n) is 16.2. The third-order valence-electron chi connectivity index (χ3n) is 4.73. The van der Waals surface area contributed by atoms with Gasteiger partial charge in [0.05, 0.1) is 5.56 Å². The number of hydrogen-bond donors (Lipinski definition) is 0. The summed E-state index contributed by atoms with van der Waals surface area (Å²) in [5.74, 6) is -0.653. The Bertz CT molecular complexity index is 1030. The molecule has 0 radical (unpaired) electrons. The second-order valence-electron chi connectivity index (χ2n) is 6.56. The highest BCUT2D eigenvalue weighted by molar-refractivity contribution is 8.45. The largest absolute Gasteiger partial charge is 0.381 e. The first-order chi connectivity index (χ1) is 14.7. The maximum Gasteiger partial charge on any atom is 0.369 e. The lowest BCUT2D eigenvalue weighted by atomic mass is 10.2. The lowest BCUT2D eigenvalue weighted by Crippen LogP contribution is -2.20. The molecule has 0 aliphatic rings. The summed E-state index contributed by atoms with van der Waals surface area (Å²) >= 11 is 0. The molecule has 4 aromatic rings. The van der Waals surface area contributed by atoms with E-state index in [0.29, 0.717) is 5.56 Å². The van der Waals surface area contributed by atoms with E-state index in [9.17, 15) is 9.59 Å². The van der Waals surface area contributed by atoms with E-state index < -0.39 is 21.3 Å². The second kappa shape index (κ2) is 8.80. The molecule has 0 amide bonds. The summed E-state index contributed by atoms with van der Waals surface area (Å²) in [6.07, 6.45) is 0. The standard InChI is InChI=1S/C26H20O3S/c27-25(21-13-5-1-6-14-21)29-26(28)30(22-15-7-2-8-16-22,23-17-9-3-10-18-23)24-19-11-4-12-20-24/h1-20H. The molecule has 0 aliphatic heterocycles. The molecule has 3 nitrogen and oxygen atoms in total. The molecule has 0 aromatic heterocycles. The van der Waals surface area contributed by atoms with Gasteiger partial charge in [-0.1, -0.05) is 82.8 Å². The van der Waals surface area contributed by atoms with E-state index in [1.807, 2.05) is 97.1 Å². The highest BCUT2D eigenvalue weighted by atomic mass is 32.3. The normalized spacial score (nSPS) is 11.5. The molecule has 148 valence electrons. The molecule has 0 saturated heterocycles. The van der Waals surface area contributed by atoms with Gasteiger partial charge in [-0.25, -0.2) is 9.59 Å². The van der Waals surface area contributed by atoms with Crippen LogP contribution < -0.4 is 0 Å². The number of carbonyl (C=O) groups is 2. The predicted octanol–water partition coefficient (Wildman–Crippen LogP) is 6.95. The van der Waals surface area contributed by atoms with Gasteiger partial charge in [0, 0.05) is 14.7 Å². The Labute approximate surface area is 177 Å². The van der Waals surface area contributed by atoms with Gasteiger partial charge < -0.3 is 4.74 Å². The van der Waals surface area contributed by atoms with Crippen LogP contribution in [0.4, 0.5) is 4.79 Å². The van der Waals surface area contributed by atoms with Crippen LogP contribution in [0.3, 0.4) is 0 Å². The first-order valence-electron chi connectivity index (χ1n) is 9.53. The molecule has 4 heteroatoms. The van der Waals surface area contributed by atoms with Gasteiger partial charge in [0.2, 0.25) is 0 Å². The minimum atomic E-state index is -2.50. The van der Waals surface area contributed by atoms with E-state index in [1.54, 1.807) is 24.3 Å². The van der Waals surface area contributed by atoms with Gasteiger partial charge in [-0.2, -0.15) is 0 Å². The van der Waals surface area contributed by atoms with Gasteiger partial charge in [-0.3, -0.25) is 0 Å². The van der Waals surface area contributed by atoms with E-state index in [0.717, 1.165) is 14.7 Å². The third-order valence-corrected chi connectivity index (χ3v) is 8.25. The summed E-state index contributed by atoms with van der Waals surface area (Å²) in [6.45, 7) is 0. The summed E-state index contributed by atoms with van der Waals surface area (Å²) in [4.78, 5) is 29.0. The molecular formula is C26H20O3S. The Morgan fingerprint density at radius 1 is 0.500 bits per heavy atom. The molecule has 0 N–H and O–H groups in total. The molecule has 4 rings (SSSR count). The molecule has 0 heterocycles. The Morgan fingerprint density at radius 2 is 0.833 bits per heavy atom. The van der Waals surface area contributed by atoms with Crippen LogP contribution in [-0.4, -0.2) is 11.3 Å². The van der Waals surface area contributed by atoms with Crippen LogP contribution in [0.25, 0.3) is 0 Å². The number of hydrogen-bond acceptors (Lipinski definition) is 3. The van der Waals surface area contributed by atoms with E-state index in [4.69, 9.17) is 4.74 Å². The van der Waals surface area contributed by atoms with E-state index >= 15 is 0 Å². The summed E-state index contributed by atoms with van der Waals surface area (Å²) in [7, 11) is -2.50. The second-order valence-corrected chi connectivity index (χ2v) is 9.53. The van der Waals surface area contributed by atoms with Crippen molar-refractivity contribution in [1.29, 1.82) is 0 Å². The first kappa shape index (κ1) is 19.7. The quantitative estimate of drug-likeness (QED) is 0.269. The zero-order valence-corrected chi connectivity index (χ0v) is 17.0. The van der Waals surface area contributed by atoms with E-state index in [-0.39, 0.29) is 0 Å². The van der Waals surface area contributed by atoms with Crippen molar-refractivity contribution in [2.45, 2.75) is 14.7 Å². The van der Waals surface area contributed by atoms with Gasteiger partial charge in [0.25, 0.3) is 0 Å². The SMILES string of the molecule is O=C(OC(=O)S(c1ccccc1)(c1ccccc1)c1ccccc1)c1ccccc1. The number of esters is 1. The Kier molecular flexibility index (Phi) is 5.77. The van der Waals surface area contributed by atoms with Crippen molar-refractivity contribution in [2.75, 3.05) is 0 Å². The van der Waals surface area contributed by atoms with Gasteiger partial charge in [-0.15, -0.1) is 0 Å². The summed E-state index contributed by atoms with van der Waals surface area (Å²) in [6, 6.07) is 37.2. The maximum atomic E-state index is 13.8. The van der Waals surface area contributed by atoms with Gasteiger partial charge in [0.15, 0.2) is 0 Å². The topological polar surface area (TPSA) is 43.4 Å². The minimum Gasteiger partial charge on any atom is -0.381 e. The summed E-state index contributed by atoms with van der Waals surface area (Å²) < 4.78 is 5.52. The van der Waals surface area contributed by atoms with Crippen LogP contribution >= 0.6 is 10.0 Å². The van der Waals surface area contributed by atoms with Crippen molar-refractivity contribution in [1.82, 2.24) is 0 Å². The van der Waals surface area contributed by atoms with E-state index in [2.05, 4.69) is 0 Å². The molecule has 0 atom stereocenters. The van der Waals surface area contributed by atoms with Crippen LogP contribution in [0.5, 0.6) is 0 Å². The molecule has 4 aromatic carbocycles. The fourth-order valence-corrected chi connectivity index (χ4v) is 6.63. The van der Waals surface area contributed by atoms with Crippen LogP contribution in [0.1, 0.15) is 10.4 Å². The molecular weight excluding hydrogens is 392 g/mol. The molecule has 0 spiro atoms. The number of benzene rings is 4. The average Bonchev–Trinajstić information content (AvgIpc) is 2.82. The summed E-state index contributed by atoms with van der Waals surface area (Å²) in [5.41, 5.74) is 0.341. The van der Waals surface area contributed by atoms with Crippen molar-refractivity contribution >= 4 is 21.3 Å². The van der Waals surface area contributed by atoms with Crippen LogP contribution in [0, 0.1) is 0 Å². The molecule has 0 aliphatic carbocycles. The highest BCUT2D eigenvalue weighted by Crippen LogP contribution is 2.69. The fourth-order valence-electron chi connectivity index (χ4n) is 3.34. The molecule has 0 unspecified atom stereocenters. The maximum absolute atomic E-state index is 13.8. The molecule has 30 heavy (non-hydrogen) atoms. The minimum absolute atomic E-state index is 0.341. The van der Waals surface area contributed by atoms with Gasteiger partial charge in [0.1, 0.15) is 0 Å². The first-order valence-corrected chi connectivity index (χ1v) is 11.2. The summed E-state index contributed by atoms with van der Waals surface area (Å²) in [5, 5.41) is -0.556. The molecule has 0 fully saturated rings. The number of carbonyl (C=O) groups excluding carboxylic acids is 2. The lowest BCUT2D eigenvalue weighted by Gasteiger charge is -2.37. The van der Waals surface area contributed by atoms with Crippen molar-refractivity contribution < 1.29 is 14.3 Å². The highest BCUT2D eigenvalue weighted by Gasteiger charge is 2.41. The van der Waals surface area contributed by atoms with Crippen molar-refractivity contribution in [2.24, 2.45) is 0 Å². The average molecular weight is 413 g/mol. The predicted molar refractivity (Wildman–Crippen MR) is 119 cm³/mol. The lowest BCUT2D eigenvalue weighted by molar-refractivity contribution is 0.0662.